The zero-order chi connectivity index (χ0) is 19.3. The smallest absolute Gasteiger partial charge is 0.416 e. The van der Waals surface area contributed by atoms with E-state index in [4.69, 9.17) is 4.74 Å². The molecule has 2 aromatic carbocycles. The summed E-state index contributed by atoms with van der Waals surface area (Å²) in [5.41, 5.74) is 3.33. The van der Waals surface area contributed by atoms with Crippen LogP contribution in [0.2, 0.25) is 0 Å². The molecular weight excluding hydrogens is 345 g/mol. The van der Waals surface area contributed by atoms with E-state index in [1.54, 1.807) is 6.92 Å². The van der Waals surface area contributed by atoms with Crippen LogP contribution in [0.4, 0.5) is 29.3 Å². The average Bonchev–Trinajstić information content (AvgIpc) is 2.56. The second kappa shape index (κ2) is 8.12. The van der Waals surface area contributed by atoms with Gasteiger partial charge in [-0.15, -0.1) is 0 Å². The van der Waals surface area contributed by atoms with Crippen molar-refractivity contribution in [3.8, 4) is 0 Å². The molecule has 2 N–H and O–H groups in total. The Labute approximate surface area is 150 Å². The third-order valence-electron chi connectivity index (χ3n) is 3.80. The van der Waals surface area contributed by atoms with E-state index in [1.165, 1.54) is 12.1 Å². The molecule has 0 saturated carbocycles. The molecule has 0 aliphatic carbocycles. The second-order valence-electron chi connectivity index (χ2n) is 5.88. The van der Waals surface area contributed by atoms with Crippen LogP contribution in [0.15, 0.2) is 36.4 Å². The molecule has 0 aliphatic rings. The molecule has 0 aliphatic heterocycles. The lowest BCUT2D eigenvalue weighted by Gasteiger charge is -2.15. The Balaban J connectivity index is 2.05. The number of benzene rings is 2. The van der Waals surface area contributed by atoms with Gasteiger partial charge in [0.2, 0.25) is 0 Å². The number of anilines is 2. The van der Waals surface area contributed by atoms with Gasteiger partial charge in [0.1, 0.15) is 0 Å². The van der Waals surface area contributed by atoms with E-state index in [-0.39, 0.29) is 0 Å². The van der Waals surface area contributed by atoms with E-state index in [0.29, 0.717) is 24.5 Å². The van der Waals surface area contributed by atoms with Gasteiger partial charge in [0, 0.05) is 17.9 Å². The highest BCUT2D eigenvalue weighted by Gasteiger charge is 2.29. The minimum Gasteiger partial charge on any atom is -0.450 e. The highest BCUT2D eigenvalue weighted by atomic mass is 19.4. The highest BCUT2D eigenvalue weighted by molar-refractivity contribution is 5.86. The standard InChI is InChI=1S/C19H21F3N2O2/c1-4-26-18(25)24-17-12(2)9-14(10-13(17)3)11-23-16-7-5-15(6-8-16)19(20,21)22/h5-10,23H,4,11H2,1-3H3,(H,24,25). The Morgan fingerprint density at radius 1 is 1.08 bits per heavy atom. The van der Waals surface area contributed by atoms with Crippen LogP contribution in [0.25, 0.3) is 0 Å². The van der Waals surface area contributed by atoms with Crippen LogP contribution >= 0.6 is 0 Å². The lowest BCUT2D eigenvalue weighted by molar-refractivity contribution is -0.137. The largest absolute Gasteiger partial charge is 0.450 e. The summed E-state index contributed by atoms with van der Waals surface area (Å²) in [5, 5.41) is 5.81. The molecule has 2 aromatic rings. The fourth-order valence-corrected chi connectivity index (χ4v) is 2.60. The topological polar surface area (TPSA) is 50.4 Å². The normalized spacial score (nSPS) is 11.2. The molecule has 7 heteroatoms. The van der Waals surface area contributed by atoms with Gasteiger partial charge in [-0.25, -0.2) is 4.79 Å². The van der Waals surface area contributed by atoms with Crippen molar-refractivity contribution in [1.82, 2.24) is 0 Å². The van der Waals surface area contributed by atoms with Gasteiger partial charge in [0.25, 0.3) is 0 Å². The number of alkyl halides is 3. The number of halogens is 3. The van der Waals surface area contributed by atoms with Crippen LogP contribution in [0.5, 0.6) is 0 Å². The number of carbonyl (C=O) groups excluding carboxylic acids is 1. The third-order valence-corrected chi connectivity index (χ3v) is 3.80. The quantitative estimate of drug-likeness (QED) is 0.734. The Hall–Kier alpha value is -2.70. The first-order valence-corrected chi connectivity index (χ1v) is 8.15. The van der Waals surface area contributed by atoms with Crippen molar-refractivity contribution in [1.29, 1.82) is 0 Å². The number of ether oxygens (including phenoxy) is 1. The lowest BCUT2D eigenvalue weighted by Crippen LogP contribution is -2.15. The lowest BCUT2D eigenvalue weighted by atomic mass is 10.0. The van der Waals surface area contributed by atoms with Crippen molar-refractivity contribution in [3.63, 3.8) is 0 Å². The van der Waals surface area contributed by atoms with E-state index < -0.39 is 17.8 Å². The summed E-state index contributed by atoms with van der Waals surface area (Å²) < 4.78 is 42.6. The molecule has 0 heterocycles. The van der Waals surface area contributed by atoms with Crippen LogP contribution in [0.1, 0.15) is 29.2 Å². The average molecular weight is 366 g/mol. The fraction of sp³-hybridized carbons (Fsp3) is 0.316. The van der Waals surface area contributed by atoms with E-state index in [2.05, 4.69) is 10.6 Å². The predicted molar refractivity (Wildman–Crippen MR) is 95.3 cm³/mol. The molecule has 0 fully saturated rings. The molecule has 2 rings (SSSR count). The Morgan fingerprint density at radius 3 is 2.15 bits per heavy atom. The number of aryl methyl sites for hydroxylation is 2. The predicted octanol–water partition coefficient (Wildman–Crippen LogP) is 5.50. The Kier molecular flexibility index (Phi) is 6.13. The maximum atomic E-state index is 12.6. The molecule has 1 amide bonds. The van der Waals surface area contributed by atoms with Gasteiger partial charge in [-0.1, -0.05) is 12.1 Å². The molecular formula is C19H21F3N2O2. The van der Waals surface area contributed by atoms with E-state index >= 15 is 0 Å². The summed E-state index contributed by atoms with van der Waals surface area (Å²) in [6.07, 6.45) is -4.84. The van der Waals surface area contributed by atoms with Gasteiger partial charge < -0.3 is 10.1 Å². The number of hydrogen-bond donors (Lipinski definition) is 2. The summed E-state index contributed by atoms with van der Waals surface area (Å²) >= 11 is 0. The SMILES string of the molecule is CCOC(=O)Nc1c(C)cc(CNc2ccc(C(F)(F)F)cc2)cc1C. The molecule has 0 saturated heterocycles. The second-order valence-corrected chi connectivity index (χ2v) is 5.88. The van der Waals surface area contributed by atoms with Gasteiger partial charge in [-0.2, -0.15) is 13.2 Å². The summed E-state index contributed by atoms with van der Waals surface area (Å²) in [4.78, 5) is 11.6. The molecule has 0 atom stereocenters. The van der Waals surface area contributed by atoms with Crippen LogP contribution in [0.3, 0.4) is 0 Å². The van der Waals surface area contributed by atoms with Crippen molar-refractivity contribution >= 4 is 17.5 Å². The van der Waals surface area contributed by atoms with Gasteiger partial charge in [0.05, 0.1) is 12.2 Å². The maximum Gasteiger partial charge on any atom is 0.416 e. The molecule has 0 radical (unpaired) electrons. The van der Waals surface area contributed by atoms with Crippen LogP contribution in [-0.2, 0) is 17.5 Å². The zero-order valence-electron chi connectivity index (χ0n) is 14.8. The van der Waals surface area contributed by atoms with E-state index in [0.717, 1.165) is 28.8 Å². The van der Waals surface area contributed by atoms with Gasteiger partial charge in [-0.05, 0) is 61.7 Å². The molecule has 0 unspecified atom stereocenters. The molecule has 0 bridgehead atoms. The van der Waals surface area contributed by atoms with Crippen molar-refractivity contribution in [2.75, 3.05) is 17.2 Å². The Bertz CT molecular complexity index is 748. The van der Waals surface area contributed by atoms with Gasteiger partial charge >= 0.3 is 12.3 Å². The number of nitrogens with one attached hydrogen (secondary N) is 2. The number of hydrogen-bond acceptors (Lipinski definition) is 3. The Morgan fingerprint density at radius 2 is 1.65 bits per heavy atom. The molecule has 140 valence electrons. The minimum atomic E-state index is -4.34. The van der Waals surface area contributed by atoms with Crippen molar-refractivity contribution in [2.24, 2.45) is 0 Å². The third kappa shape index (κ3) is 5.15. The highest BCUT2D eigenvalue weighted by Crippen LogP contribution is 2.30. The van der Waals surface area contributed by atoms with Crippen molar-refractivity contribution in [3.05, 3.63) is 58.7 Å². The zero-order valence-corrected chi connectivity index (χ0v) is 14.8. The van der Waals surface area contributed by atoms with E-state index in [1.807, 2.05) is 26.0 Å². The van der Waals surface area contributed by atoms with Crippen LogP contribution in [0, 0.1) is 13.8 Å². The van der Waals surface area contributed by atoms with E-state index in [9.17, 15) is 18.0 Å². The molecule has 0 aromatic heterocycles. The first kappa shape index (κ1) is 19.6. The molecule has 0 spiro atoms. The molecule has 4 nitrogen and oxygen atoms in total. The van der Waals surface area contributed by atoms with Gasteiger partial charge in [0.15, 0.2) is 0 Å². The number of carbonyl (C=O) groups is 1. The summed E-state index contributed by atoms with van der Waals surface area (Å²) in [5.74, 6) is 0. The fourth-order valence-electron chi connectivity index (χ4n) is 2.60. The van der Waals surface area contributed by atoms with Crippen LogP contribution in [-0.4, -0.2) is 12.7 Å². The number of rotatable bonds is 5. The monoisotopic (exact) mass is 366 g/mol. The molecule has 26 heavy (non-hydrogen) atoms. The van der Waals surface area contributed by atoms with Crippen molar-refractivity contribution in [2.45, 2.75) is 33.5 Å². The first-order valence-electron chi connectivity index (χ1n) is 8.15. The maximum absolute atomic E-state index is 12.6. The van der Waals surface area contributed by atoms with Gasteiger partial charge in [-0.3, -0.25) is 5.32 Å². The number of amides is 1. The summed E-state index contributed by atoms with van der Waals surface area (Å²) in [6, 6.07) is 8.71. The van der Waals surface area contributed by atoms with Crippen molar-refractivity contribution < 1.29 is 22.7 Å². The summed E-state index contributed by atoms with van der Waals surface area (Å²) in [7, 11) is 0. The minimum absolute atomic E-state index is 0.291. The van der Waals surface area contributed by atoms with Crippen LogP contribution < -0.4 is 10.6 Å². The summed E-state index contributed by atoms with van der Waals surface area (Å²) in [6.45, 7) is 6.22. The first-order chi connectivity index (χ1) is 12.2.